The molecule has 2 aromatic carbocycles. The quantitative estimate of drug-likeness (QED) is 0.647. The molecule has 1 fully saturated rings. The normalized spacial score (nSPS) is 20.3. The fourth-order valence-electron chi connectivity index (χ4n) is 3.72. The van der Waals surface area contributed by atoms with Gasteiger partial charge in [-0.1, -0.05) is 42.5 Å². The molecular weight excluding hydrogens is 391 g/mol. The maximum atomic E-state index is 13.2. The molecule has 7 heteroatoms. The van der Waals surface area contributed by atoms with Crippen LogP contribution in [0.4, 0.5) is 13.2 Å². The summed E-state index contributed by atoms with van der Waals surface area (Å²) in [6, 6.07) is 15.0. The summed E-state index contributed by atoms with van der Waals surface area (Å²) in [4.78, 5) is 13.9. The average Bonchev–Trinajstić information content (AvgIpc) is 2.62. The topological polar surface area (TPSA) is 29.5 Å². The number of carbonyl (C=O) groups excluding carboxylic acids is 1. The first-order valence-electron chi connectivity index (χ1n) is 8.92. The molecule has 0 aromatic heterocycles. The number of halogens is 4. The first kappa shape index (κ1) is 22.2. The van der Waals surface area contributed by atoms with Gasteiger partial charge in [0.1, 0.15) is 5.60 Å². The Bertz CT molecular complexity index is 798. The van der Waals surface area contributed by atoms with E-state index in [1.165, 1.54) is 13.0 Å². The molecule has 0 aliphatic carbocycles. The lowest BCUT2D eigenvalue weighted by Crippen LogP contribution is -2.48. The van der Waals surface area contributed by atoms with Gasteiger partial charge in [-0.05, 0) is 42.6 Å². The second-order valence-corrected chi connectivity index (χ2v) is 6.97. The average molecular weight is 414 g/mol. The van der Waals surface area contributed by atoms with Crippen LogP contribution in [0.5, 0.6) is 0 Å². The molecule has 0 saturated carbocycles. The van der Waals surface area contributed by atoms with E-state index >= 15 is 0 Å². The summed E-state index contributed by atoms with van der Waals surface area (Å²) >= 11 is 0. The zero-order valence-corrected chi connectivity index (χ0v) is 16.4. The monoisotopic (exact) mass is 413 g/mol. The lowest BCUT2D eigenvalue weighted by Gasteiger charge is -2.42. The van der Waals surface area contributed by atoms with Gasteiger partial charge in [0, 0.05) is 20.0 Å². The van der Waals surface area contributed by atoms with E-state index in [0.717, 1.165) is 30.7 Å². The molecule has 3 nitrogen and oxygen atoms in total. The summed E-state index contributed by atoms with van der Waals surface area (Å²) in [6.45, 7) is 3.12. The van der Waals surface area contributed by atoms with E-state index in [-0.39, 0.29) is 12.4 Å². The highest BCUT2D eigenvalue weighted by atomic mass is 35.5. The predicted octanol–water partition coefficient (Wildman–Crippen LogP) is 5.18. The molecule has 0 bridgehead atoms. The van der Waals surface area contributed by atoms with Crippen molar-refractivity contribution in [2.75, 3.05) is 13.1 Å². The SMILES string of the molecule is CC(=O)OC1(c2cccc(C(F)(F)F)c2)CCCN(Cc2ccccc2)C1.Cl. The minimum absolute atomic E-state index is 0. The van der Waals surface area contributed by atoms with Crippen LogP contribution in [-0.2, 0) is 27.9 Å². The Kier molecular flexibility index (Phi) is 7.12. The lowest BCUT2D eigenvalue weighted by atomic mass is 9.84. The van der Waals surface area contributed by atoms with Crippen molar-refractivity contribution in [3.05, 3.63) is 71.3 Å². The van der Waals surface area contributed by atoms with Crippen molar-refractivity contribution in [2.24, 2.45) is 0 Å². The minimum atomic E-state index is -4.44. The molecule has 1 aliphatic heterocycles. The molecule has 0 radical (unpaired) electrons. The first-order valence-corrected chi connectivity index (χ1v) is 8.92. The van der Waals surface area contributed by atoms with E-state index in [9.17, 15) is 18.0 Å². The van der Waals surface area contributed by atoms with Crippen molar-refractivity contribution in [3.8, 4) is 0 Å². The Morgan fingerprint density at radius 2 is 1.86 bits per heavy atom. The van der Waals surface area contributed by atoms with E-state index in [1.54, 1.807) is 6.07 Å². The number of alkyl halides is 3. The molecule has 1 aliphatic rings. The van der Waals surface area contributed by atoms with Crippen molar-refractivity contribution >= 4 is 18.4 Å². The molecule has 0 amide bonds. The second-order valence-electron chi connectivity index (χ2n) is 6.97. The summed E-state index contributed by atoms with van der Waals surface area (Å²) in [5.74, 6) is -0.492. The third-order valence-corrected chi connectivity index (χ3v) is 4.84. The fraction of sp³-hybridized carbons (Fsp3) is 0.381. The van der Waals surface area contributed by atoms with Crippen LogP contribution in [0.1, 0.15) is 36.5 Å². The highest BCUT2D eigenvalue weighted by Gasteiger charge is 2.41. The predicted molar refractivity (Wildman–Crippen MR) is 103 cm³/mol. The Hall–Kier alpha value is -2.05. The third-order valence-electron chi connectivity index (χ3n) is 4.84. The van der Waals surface area contributed by atoms with Crippen LogP contribution in [0.2, 0.25) is 0 Å². The maximum Gasteiger partial charge on any atom is 0.416 e. The number of piperidine rings is 1. The van der Waals surface area contributed by atoms with Crippen LogP contribution in [0.3, 0.4) is 0 Å². The molecule has 1 unspecified atom stereocenters. The molecule has 1 heterocycles. The number of benzene rings is 2. The molecule has 0 N–H and O–H groups in total. The van der Waals surface area contributed by atoms with E-state index < -0.39 is 23.3 Å². The van der Waals surface area contributed by atoms with Crippen LogP contribution in [-0.4, -0.2) is 24.0 Å². The van der Waals surface area contributed by atoms with Crippen molar-refractivity contribution in [1.29, 1.82) is 0 Å². The van der Waals surface area contributed by atoms with Crippen molar-refractivity contribution in [3.63, 3.8) is 0 Å². The zero-order valence-electron chi connectivity index (χ0n) is 15.5. The summed E-state index contributed by atoms with van der Waals surface area (Å²) in [5, 5.41) is 0. The fourth-order valence-corrected chi connectivity index (χ4v) is 3.72. The van der Waals surface area contributed by atoms with Crippen LogP contribution in [0, 0.1) is 0 Å². The largest absolute Gasteiger partial charge is 0.453 e. The maximum absolute atomic E-state index is 13.2. The number of esters is 1. The number of hydrogen-bond donors (Lipinski definition) is 0. The van der Waals surface area contributed by atoms with Gasteiger partial charge in [-0.25, -0.2) is 0 Å². The second kappa shape index (κ2) is 8.97. The molecule has 152 valence electrons. The Morgan fingerprint density at radius 3 is 2.50 bits per heavy atom. The minimum Gasteiger partial charge on any atom is -0.453 e. The Balaban J connectivity index is 0.00000280. The molecule has 2 aromatic rings. The zero-order chi connectivity index (χ0) is 19.5. The van der Waals surface area contributed by atoms with Gasteiger partial charge in [0.05, 0.1) is 5.56 Å². The van der Waals surface area contributed by atoms with Gasteiger partial charge in [0.25, 0.3) is 0 Å². The van der Waals surface area contributed by atoms with Gasteiger partial charge in [-0.3, -0.25) is 9.69 Å². The highest BCUT2D eigenvalue weighted by Crippen LogP contribution is 2.39. The van der Waals surface area contributed by atoms with E-state index in [4.69, 9.17) is 4.74 Å². The Morgan fingerprint density at radius 1 is 1.14 bits per heavy atom. The summed E-state index contributed by atoms with van der Waals surface area (Å²) in [7, 11) is 0. The Labute approximate surface area is 168 Å². The summed E-state index contributed by atoms with van der Waals surface area (Å²) < 4.78 is 45.2. The van der Waals surface area contributed by atoms with Gasteiger partial charge < -0.3 is 4.74 Å². The third kappa shape index (κ3) is 5.26. The van der Waals surface area contributed by atoms with E-state index in [2.05, 4.69) is 4.90 Å². The number of ether oxygens (including phenoxy) is 1. The van der Waals surface area contributed by atoms with Gasteiger partial charge in [0.15, 0.2) is 0 Å². The van der Waals surface area contributed by atoms with Gasteiger partial charge in [0.2, 0.25) is 0 Å². The molecule has 3 rings (SSSR count). The molecular formula is C21H23ClF3NO2. The van der Waals surface area contributed by atoms with Crippen LogP contribution < -0.4 is 0 Å². The summed E-state index contributed by atoms with van der Waals surface area (Å²) in [5.41, 5.74) is -0.294. The van der Waals surface area contributed by atoms with Gasteiger partial charge in [-0.2, -0.15) is 13.2 Å². The van der Waals surface area contributed by atoms with E-state index in [1.807, 2.05) is 30.3 Å². The molecule has 1 atom stereocenters. The number of nitrogens with zero attached hydrogens (tertiary/aromatic N) is 1. The number of likely N-dealkylation sites (tertiary alicyclic amines) is 1. The van der Waals surface area contributed by atoms with Crippen LogP contribution in [0.25, 0.3) is 0 Å². The molecule has 0 spiro atoms. The molecule has 28 heavy (non-hydrogen) atoms. The van der Waals surface area contributed by atoms with E-state index in [0.29, 0.717) is 25.1 Å². The molecule has 1 saturated heterocycles. The van der Waals surface area contributed by atoms with Crippen LogP contribution in [0.15, 0.2) is 54.6 Å². The van der Waals surface area contributed by atoms with Crippen molar-refractivity contribution < 1.29 is 22.7 Å². The van der Waals surface area contributed by atoms with Crippen LogP contribution >= 0.6 is 12.4 Å². The number of rotatable bonds is 4. The lowest BCUT2D eigenvalue weighted by molar-refractivity contribution is -0.165. The van der Waals surface area contributed by atoms with Crippen molar-refractivity contribution in [1.82, 2.24) is 4.90 Å². The first-order chi connectivity index (χ1) is 12.8. The number of hydrogen-bond acceptors (Lipinski definition) is 3. The van der Waals surface area contributed by atoms with Crippen molar-refractivity contribution in [2.45, 2.75) is 38.1 Å². The van der Waals surface area contributed by atoms with Gasteiger partial charge >= 0.3 is 12.1 Å². The smallest absolute Gasteiger partial charge is 0.416 e. The highest BCUT2D eigenvalue weighted by molar-refractivity contribution is 5.85. The number of carbonyl (C=O) groups is 1. The van der Waals surface area contributed by atoms with Gasteiger partial charge in [-0.15, -0.1) is 12.4 Å². The standard InChI is InChI=1S/C21H22F3NO2.ClH/c1-16(26)27-20(18-9-5-10-19(13-18)21(22,23)24)11-6-12-25(15-20)14-17-7-3-2-4-8-17;/h2-5,7-10,13H,6,11-12,14-15H2,1H3;1H. The summed E-state index contributed by atoms with van der Waals surface area (Å²) in [6.07, 6.45) is -3.21.